The summed E-state index contributed by atoms with van der Waals surface area (Å²) in [5.41, 5.74) is 2.57. The lowest BCUT2D eigenvalue weighted by molar-refractivity contribution is 0.0935. The van der Waals surface area contributed by atoms with Crippen LogP contribution in [0.15, 0.2) is 77.7 Å². The highest BCUT2D eigenvalue weighted by Crippen LogP contribution is 2.22. The smallest absolute Gasteiger partial charge is 0.261 e. The van der Waals surface area contributed by atoms with Gasteiger partial charge in [-0.25, -0.2) is 12.8 Å². The molecule has 3 aromatic carbocycles. The lowest BCUT2D eigenvalue weighted by atomic mass is 9.99. The largest absolute Gasteiger partial charge is 0.345 e. The average Bonchev–Trinajstić information content (AvgIpc) is 2.74. The van der Waals surface area contributed by atoms with Gasteiger partial charge in [0, 0.05) is 11.3 Å². The van der Waals surface area contributed by atoms with E-state index in [9.17, 15) is 17.6 Å². The normalized spacial score (nSPS) is 12.2. The first-order chi connectivity index (χ1) is 14.3. The first-order valence-corrected chi connectivity index (χ1v) is 11.0. The summed E-state index contributed by atoms with van der Waals surface area (Å²) in [5, 5.41) is 2.98. The molecule has 30 heavy (non-hydrogen) atoms. The number of halogens is 1. The van der Waals surface area contributed by atoms with Crippen LogP contribution < -0.4 is 10.0 Å². The van der Waals surface area contributed by atoms with Gasteiger partial charge in [-0.3, -0.25) is 9.52 Å². The maximum absolute atomic E-state index is 13.0. The van der Waals surface area contributed by atoms with E-state index in [2.05, 4.69) is 10.0 Å². The molecule has 0 spiro atoms. The molecular weight excluding hydrogens is 403 g/mol. The maximum Gasteiger partial charge on any atom is 0.261 e. The lowest BCUT2D eigenvalue weighted by Gasteiger charge is -2.19. The predicted molar refractivity (Wildman–Crippen MR) is 115 cm³/mol. The van der Waals surface area contributed by atoms with Crippen LogP contribution in [-0.4, -0.2) is 14.3 Å². The van der Waals surface area contributed by atoms with Crippen molar-refractivity contribution in [3.05, 3.63) is 95.3 Å². The molecule has 0 saturated heterocycles. The van der Waals surface area contributed by atoms with Crippen LogP contribution in [0.1, 0.15) is 40.9 Å². The van der Waals surface area contributed by atoms with Gasteiger partial charge < -0.3 is 5.32 Å². The molecule has 5 nitrogen and oxygen atoms in total. The van der Waals surface area contributed by atoms with E-state index in [1.165, 1.54) is 30.3 Å². The summed E-state index contributed by atoms with van der Waals surface area (Å²) in [6.07, 6.45) is 0.695. The van der Waals surface area contributed by atoms with Crippen molar-refractivity contribution in [1.82, 2.24) is 5.32 Å². The number of benzene rings is 3. The van der Waals surface area contributed by atoms with Crippen LogP contribution >= 0.6 is 0 Å². The van der Waals surface area contributed by atoms with Crippen molar-refractivity contribution >= 4 is 21.6 Å². The molecule has 0 saturated carbocycles. The quantitative estimate of drug-likeness (QED) is 0.569. The number of amides is 1. The molecule has 0 aliphatic rings. The second-order valence-corrected chi connectivity index (χ2v) is 8.61. The van der Waals surface area contributed by atoms with Crippen LogP contribution in [0.25, 0.3) is 0 Å². The van der Waals surface area contributed by atoms with Gasteiger partial charge in [0.15, 0.2) is 0 Å². The Morgan fingerprint density at radius 1 is 1.00 bits per heavy atom. The van der Waals surface area contributed by atoms with Gasteiger partial charge >= 0.3 is 0 Å². The second kappa shape index (κ2) is 9.09. The van der Waals surface area contributed by atoms with E-state index in [4.69, 9.17) is 0 Å². The highest BCUT2D eigenvalue weighted by molar-refractivity contribution is 7.92. The van der Waals surface area contributed by atoms with Gasteiger partial charge in [-0.1, -0.05) is 37.3 Å². The molecule has 0 heterocycles. The van der Waals surface area contributed by atoms with Crippen molar-refractivity contribution in [2.24, 2.45) is 0 Å². The SMILES string of the molecule is CCC(NC(=O)c1cccc(S(=O)(=O)Nc2ccc(F)cc2)c1)c1ccccc1C. The minimum absolute atomic E-state index is 0.0524. The van der Waals surface area contributed by atoms with E-state index >= 15 is 0 Å². The van der Waals surface area contributed by atoms with Gasteiger partial charge in [-0.15, -0.1) is 0 Å². The molecule has 0 bridgehead atoms. The summed E-state index contributed by atoms with van der Waals surface area (Å²) >= 11 is 0. The number of nitrogens with one attached hydrogen (secondary N) is 2. The Labute approximate surface area is 176 Å². The Balaban J connectivity index is 1.81. The molecule has 0 radical (unpaired) electrons. The van der Waals surface area contributed by atoms with Gasteiger partial charge in [0.05, 0.1) is 10.9 Å². The Hall–Kier alpha value is -3.19. The van der Waals surface area contributed by atoms with Crippen molar-refractivity contribution in [2.75, 3.05) is 4.72 Å². The fourth-order valence-electron chi connectivity index (χ4n) is 3.16. The molecule has 0 aliphatic heterocycles. The number of anilines is 1. The molecule has 3 rings (SSSR count). The van der Waals surface area contributed by atoms with E-state index in [-0.39, 0.29) is 28.1 Å². The van der Waals surface area contributed by atoms with Crippen LogP contribution in [0.3, 0.4) is 0 Å². The summed E-state index contributed by atoms with van der Waals surface area (Å²) in [6, 6.07) is 18.4. The van der Waals surface area contributed by atoms with E-state index in [1.807, 2.05) is 38.1 Å². The fraction of sp³-hybridized carbons (Fsp3) is 0.174. The van der Waals surface area contributed by atoms with E-state index in [1.54, 1.807) is 6.07 Å². The lowest BCUT2D eigenvalue weighted by Crippen LogP contribution is -2.28. The summed E-state index contributed by atoms with van der Waals surface area (Å²) < 4.78 is 40.8. The Kier molecular flexibility index (Phi) is 6.52. The number of hydrogen-bond acceptors (Lipinski definition) is 3. The van der Waals surface area contributed by atoms with Crippen LogP contribution in [0, 0.1) is 12.7 Å². The zero-order valence-electron chi connectivity index (χ0n) is 16.7. The maximum atomic E-state index is 13.0. The zero-order valence-corrected chi connectivity index (χ0v) is 17.5. The summed E-state index contributed by atoms with van der Waals surface area (Å²) in [6.45, 7) is 3.96. The molecule has 1 amide bonds. The topological polar surface area (TPSA) is 75.3 Å². The first kappa shape index (κ1) is 21.5. The van der Waals surface area contributed by atoms with Crippen LogP contribution in [0.2, 0.25) is 0 Å². The third-order valence-corrected chi connectivity index (χ3v) is 6.16. The van der Waals surface area contributed by atoms with Crippen molar-refractivity contribution in [2.45, 2.75) is 31.2 Å². The third-order valence-electron chi connectivity index (χ3n) is 4.78. The summed E-state index contributed by atoms with van der Waals surface area (Å²) in [5.74, 6) is -0.820. The van der Waals surface area contributed by atoms with Gasteiger partial charge in [0.25, 0.3) is 15.9 Å². The fourth-order valence-corrected chi connectivity index (χ4v) is 4.26. The molecule has 0 aliphatic carbocycles. The Morgan fingerprint density at radius 3 is 2.37 bits per heavy atom. The van der Waals surface area contributed by atoms with Crippen LogP contribution in [0.5, 0.6) is 0 Å². The standard InChI is InChI=1S/C23H23FN2O3S/c1-3-22(21-10-5-4-7-16(21)2)25-23(27)17-8-6-9-20(15-17)30(28,29)26-19-13-11-18(24)12-14-19/h4-15,22,26H,3H2,1-2H3,(H,25,27). The number of carbonyl (C=O) groups excluding carboxylic acids is 1. The van der Waals surface area contributed by atoms with E-state index in [0.717, 1.165) is 23.3 Å². The molecule has 7 heteroatoms. The molecule has 3 aromatic rings. The number of hydrogen-bond donors (Lipinski definition) is 2. The number of rotatable bonds is 7. The molecule has 2 N–H and O–H groups in total. The van der Waals surface area contributed by atoms with Crippen molar-refractivity contribution < 1.29 is 17.6 Å². The van der Waals surface area contributed by atoms with Crippen molar-refractivity contribution in [3.8, 4) is 0 Å². The molecule has 156 valence electrons. The van der Waals surface area contributed by atoms with Crippen LogP contribution in [-0.2, 0) is 10.0 Å². The first-order valence-electron chi connectivity index (χ1n) is 9.55. The molecular formula is C23H23FN2O3S. The minimum atomic E-state index is -3.93. The minimum Gasteiger partial charge on any atom is -0.345 e. The molecule has 1 atom stereocenters. The summed E-state index contributed by atoms with van der Waals surface area (Å²) in [4.78, 5) is 12.8. The molecule has 0 fully saturated rings. The van der Waals surface area contributed by atoms with E-state index in [0.29, 0.717) is 6.42 Å². The molecule has 1 unspecified atom stereocenters. The average molecular weight is 427 g/mol. The highest BCUT2D eigenvalue weighted by atomic mass is 32.2. The van der Waals surface area contributed by atoms with Crippen LogP contribution in [0.4, 0.5) is 10.1 Å². The highest BCUT2D eigenvalue weighted by Gasteiger charge is 2.19. The van der Waals surface area contributed by atoms with E-state index < -0.39 is 15.8 Å². The number of sulfonamides is 1. The van der Waals surface area contributed by atoms with Gasteiger partial charge in [0.2, 0.25) is 0 Å². The monoisotopic (exact) mass is 426 g/mol. The number of aryl methyl sites for hydroxylation is 1. The zero-order chi connectivity index (χ0) is 21.7. The Morgan fingerprint density at radius 2 is 1.70 bits per heavy atom. The molecule has 0 aromatic heterocycles. The van der Waals surface area contributed by atoms with Gasteiger partial charge in [0.1, 0.15) is 5.82 Å². The van der Waals surface area contributed by atoms with Gasteiger partial charge in [-0.05, 0) is 66.9 Å². The number of carbonyl (C=O) groups is 1. The summed E-state index contributed by atoms with van der Waals surface area (Å²) in [7, 11) is -3.93. The third kappa shape index (κ3) is 5.04. The van der Waals surface area contributed by atoms with Crippen molar-refractivity contribution in [3.63, 3.8) is 0 Å². The van der Waals surface area contributed by atoms with Crippen molar-refractivity contribution in [1.29, 1.82) is 0 Å². The predicted octanol–water partition coefficient (Wildman–Crippen LogP) is 4.82. The van der Waals surface area contributed by atoms with Gasteiger partial charge in [-0.2, -0.15) is 0 Å². The Bertz CT molecular complexity index is 1150. The second-order valence-electron chi connectivity index (χ2n) is 6.93.